The molecular weight excluding hydrogens is 136 g/mol. The number of ether oxygens (including phenoxy) is 1. The highest BCUT2D eigenvalue weighted by molar-refractivity contribution is 5.07. The van der Waals surface area contributed by atoms with Gasteiger partial charge in [0.25, 0.3) is 0 Å². The zero-order valence-corrected chi connectivity index (χ0v) is 8.03. The Kier molecular flexibility index (Phi) is 1.87. The predicted molar refractivity (Wildman–Crippen MR) is 47.6 cm³/mol. The molecule has 0 N–H and O–H groups in total. The molecule has 0 aromatic carbocycles. The van der Waals surface area contributed by atoms with E-state index in [1.165, 1.54) is 5.57 Å². The van der Waals surface area contributed by atoms with Gasteiger partial charge >= 0.3 is 0 Å². The first kappa shape index (κ1) is 8.79. The van der Waals surface area contributed by atoms with Crippen molar-refractivity contribution >= 4 is 0 Å². The average molecular weight is 154 g/mol. The maximum Gasteiger partial charge on any atom is 0.0670 e. The Bertz CT molecular complexity index is 159. The summed E-state index contributed by atoms with van der Waals surface area (Å²) >= 11 is 0. The van der Waals surface area contributed by atoms with Crippen LogP contribution in [0.1, 0.15) is 40.5 Å². The van der Waals surface area contributed by atoms with Crippen molar-refractivity contribution in [3.05, 3.63) is 12.2 Å². The zero-order valence-electron chi connectivity index (χ0n) is 8.03. The molecule has 0 aromatic heterocycles. The summed E-state index contributed by atoms with van der Waals surface area (Å²) in [5.41, 5.74) is 1.28. The molecule has 0 unspecified atom stereocenters. The number of hydrogen-bond acceptors (Lipinski definition) is 1. The molecular formula is C10H18O. The second-order valence-corrected chi connectivity index (χ2v) is 4.73. The normalized spacial score (nSPS) is 28.5. The molecule has 0 spiro atoms. The summed E-state index contributed by atoms with van der Waals surface area (Å²) in [5, 5.41) is 0. The molecule has 0 radical (unpaired) electrons. The standard InChI is InChI=1S/C10H18O/c1-8-6-9(2,3)11-10(4,5)7-8/h1,6-7H2,2-5H3. The van der Waals surface area contributed by atoms with E-state index < -0.39 is 0 Å². The van der Waals surface area contributed by atoms with Crippen molar-refractivity contribution in [2.45, 2.75) is 51.7 Å². The van der Waals surface area contributed by atoms with Gasteiger partial charge in [0, 0.05) is 0 Å². The second-order valence-electron chi connectivity index (χ2n) is 4.73. The summed E-state index contributed by atoms with van der Waals surface area (Å²) in [6, 6.07) is 0. The van der Waals surface area contributed by atoms with Gasteiger partial charge in [-0.15, -0.1) is 0 Å². The number of hydrogen-bond donors (Lipinski definition) is 0. The minimum absolute atomic E-state index is 0.0150. The Morgan fingerprint density at radius 1 is 1.09 bits per heavy atom. The van der Waals surface area contributed by atoms with Crippen LogP contribution in [0.3, 0.4) is 0 Å². The van der Waals surface area contributed by atoms with Crippen LogP contribution in [-0.4, -0.2) is 11.2 Å². The summed E-state index contributed by atoms with van der Waals surface area (Å²) in [4.78, 5) is 0. The third-order valence-corrected chi connectivity index (χ3v) is 1.90. The van der Waals surface area contributed by atoms with Crippen LogP contribution in [0.5, 0.6) is 0 Å². The molecule has 0 bridgehead atoms. The van der Waals surface area contributed by atoms with Crippen LogP contribution in [0.2, 0.25) is 0 Å². The Balaban J connectivity index is 2.74. The molecule has 0 atom stereocenters. The summed E-state index contributed by atoms with van der Waals surface area (Å²) in [7, 11) is 0. The van der Waals surface area contributed by atoms with Crippen molar-refractivity contribution in [1.82, 2.24) is 0 Å². The van der Waals surface area contributed by atoms with E-state index in [0.717, 1.165) is 12.8 Å². The van der Waals surface area contributed by atoms with Crippen molar-refractivity contribution in [1.29, 1.82) is 0 Å². The van der Waals surface area contributed by atoms with Gasteiger partial charge < -0.3 is 4.74 Å². The lowest BCUT2D eigenvalue weighted by molar-refractivity contribution is -0.138. The Labute approximate surface area is 69.4 Å². The van der Waals surface area contributed by atoms with E-state index in [9.17, 15) is 0 Å². The van der Waals surface area contributed by atoms with E-state index in [0.29, 0.717) is 0 Å². The van der Waals surface area contributed by atoms with Gasteiger partial charge in [-0.25, -0.2) is 0 Å². The smallest absolute Gasteiger partial charge is 0.0670 e. The lowest BCUT2D eigenvalue weighted by Crippen LogP contribution is -2.42. The van der Waals surface area contributed by atoms with E-state index >= 15 is 0 Å². The Morgan fingerprint density at radius 2 is 1.45 bits per heavy atom. The topological polar surface area (TPSA) is 9.23 Å². The Hall–Kier alpha value is -0.300. The first-order valence-electron chi connectivity index (χ1n) is 4.18. The van der Waals surface area contributed by atoms with Crippen LogP contribution in [0, 0.1) is 0 Å². The molecule has 0 saturated carbocycles. The van der Waals surface area contributed by atoms with E-state index in [1.54, 1.807) is 0 Å². The van der Waals surface area contributed by atoms with Gasteiger partial charge in [0.1, 0.15) is 0 Å². The van der Waals surface area contributed by atoms with Crippen LogP contribution in [-0.2, 0) is 4.74 Å². The fourth-order valence-corrected chi connectivity index (χ4v) is 2.09. The molecule has 1 aliphatic heterocycles. The van der Waals surface area contributed by atoms with Crippen LogP contribution < -0.4 is 0 Å². The minimum Gasteiger partial charge on any atom is -0.369 e. The second kappa shape index (κ2) is 2.34. The van der Waals surface area contributed by atoms with Gasteiger partial charge in [-0.2, -0.15) is 0 Å². The monoisotopic (exact) mass is 154 g/mol. The highest BCUT2D eigenvalue weighted by Gasteiger charge is 2.35. The lowest BCUT2D eigenvalue weighted by Gasteiger charge is -2.42. The summed E-state index contributed by atoms with van der Waals surface area (Å²) in [6.45, 7) is 12.5. The molecule has 0 aromatic rings. The third kappa shape index (κ3) is 2.33. The molecule has 1 nitrogen and oxygen atoms in total. The van der Waals surface area contributed by atoms with Crippen LogP contribution >= 0.6 is 0 Å². The molecule has 1 fully saturated rings. The van der Waals surface area contributed by atoms with Gasteiger partial charge in [-0.3, -0.25) is 0 Å². The SMILES string of the molecule is C=C1CC(C)(C)OC(C)(C)C1. The lowest BCUT2D eigenvalue weighted by atomic mass is 9.86. The van der Waals surface area contributed by atoms with E-state index in [-0.39, 0.29) is 11.2 Å². The zero-order chi connectivity index (χ0) is 8.70. The highest BCUT2D eigenvalue weighted by atomic mass is 16.5. The molecule has 1 saturated heterocycles. The quantitative estimate of drug-likeness (QED) is 0.487. The predicted octanol–water partition coefficient (Wildman–Crippen LogP) is 2.91. The van der Waals surface area contributed by atoms with Crippen LogP contribution in [0.25, 0.3) is 0 Å². The summed E-state index contributed by atoms with van der Waals surface area (Å²) in [6.07, 6.45) is 1.99. The largest absolute Gasteiger partial charge is 0.369 e. The van der Waals surface area contributed by atoms with Crippen molar-refractivity contribution < 1.29 is 4.74 Å². The van der Waals surface area contributed by atoms with Gasteiger partial charge in [0.2, 0.25) is 0 Å². The fraction of sp³-hybridized carbons (Fsp3) is 0.800. The molecule has 11 heavy (non-hydrogen) atoms. The molecule has 1 rings (SSSR count). The summed E-state index contributed by atoms with van der Waals surface area (Å²) < 4.78 is 5.87. The molecule has 0 aliphatic carbocycles. The van der Waals surface area contributed by atoms with E-state index in [1.807, 2.05) is 0 Å². The third-order valence-electron chi connectivity index (χ3n) is 1.90. The van der Waals surface area contributed by atoms with E-state index in [2.05, 4.69) is 34.3 Å². The summed E-state index contributed by atoms with van der Waals surface area (Å²) in [5.74, 6) is 0. The minimum atomic E-state index is -0.0150. The highest BCUT2D eigenvalue weighted by Crippen LogP contribution is 2.36. The Morgan fingerprint density at radius 3 is 1.73 bits per heavy atom. The fourth-order valence-electron chi connectivity index (χ4n) is 2.09. The first-order valence-corrected chi connectivity index (χ1v) is 4.18. The van der Waals surface area contributed by atoms with Gasteiger partial charge in [0.15, 0.2) is 0 Å². The van der Waals surface area contributed by atoms with Gasteiger partial charge in [-0.1, -0.05) is 12.2 Å². The van der Waals surface area contributed by atoms with Crippen molar-refractivity contribution in [2.75, 3.05) is 0 Å². The van der Waals surface area contributed by atoms with Gasteiger partial charge in [0.05, 0.1) is 11.2 Å². The van der Waals surface area contributed by atoms with Crippen LogP contribution in [0.4, 0.5) is 0 Å². The van der Waals surface area contributed by atoms with E-state index in [4.69, 9.17) is 4.74 Å². The molecule has 1 heterocycles. The number of rotatable bonds is 0. The average Bonchev–Trinajstić information content (AvgIpc) is 1.49. The van der Waals surface area contributed by atoms with Gasteiger partial charge in [-0.05, 0) is 40.5 Å². The maximum absolute atomic E-state index is 5.87. The molecule has 64 valence electrons. The van der Waals surface area contributed by atoms with Crippen molar-refractivity contribution in [3.63, 3.8) is 0 Å². The maximum atomic E-state index is 5.87. The van der Waals surface area contributed by atoms with Crippen molar-refractivity contribution in [2.24, 2.45) is 0 Å². The molecule has 1 aliphatic rings. The molecule has 1 heteroatoms. The first-order chi connectivity index (χ1) is 4.81. The van der Waals surface area contributed by atoms with Crippen molar-refractivity contribution in [3.8, 4) is 0 Å². The van der Waals surface area contributed by atoms with Crippen LogP contribution in [0.15, 0.2) is 12.2 Å². The molecule has 0 amide bonds.